The number of aromatic nitrogens is 4. The van der Waals surface area contributed by atoms with Crippen molar-refractivity contribution in [3.05, 3.63) is 46.6 Å². The topological polar surface area (TPSA) is 113 Å². The Morgan fingerprint density at radius 2 is 1.75 bits per heavy atom. The molecule has 170 valence electrons. The summed E-state index contributed by atoms with van der Waals surface area (Å²) < 4.78 is 29.6. The number of hydrogen-bond acceptors (Lipinski definition) is 8. The Hall–Kier alpha value is -2.83. The Morgan fingerprint density at radius 1 is 1.06 bits per heavy atom. The third kappa shape index (κ3) is 4.66. The van der Waals surface area contributed by atoms with E-state index in [4.69, 9.17) is 0 Å². The number of rotatable bonds is 6. The molecule has 0 bridgehead atoms. The highest BCUT2D eigenvalue weighted by Crippen LogP contribution is 2.26. The summed E-state index contributed by atoms with van der Waals surface area (Å²) in [6, 6.07) is 9.08. The van der Waals surface area contributed by atoms with E-state index in [9.17, 15) is 13.2 Å². The molecule has 1 fully saturated rings. The molecule has 0 aromatic carbocycles. The van der Waals surface area contributed by atoms with Crippen LogP contribution in [0.5, 0.6) is 0 Å². The van der Waals surface area contributed by atoms with Crippen molar-refractivity contribution in [1.82, 2.24) is 29.6 Å². The molecule has 4 rings (SSSR count). The summed E-state index contributed by atoms with van der Waals surface area (Å²) in [4.78, 5) is 13.9. The van der Waals surface area contributed by atoms with Crippen LogP contribution < -0.4 is 10.2 Å². The van der Waals surface area contributed by atoms with Crippen LogP contribution in [0.25, 0.3) is 5.82 Å². The number of thiophene rings is 1. The largest absolute Gasteiger partial charge is 0.352 e. The van der Waals surface area contributed by atoms with Crippen molar-refractivity contribution in [1.29, 1.82) is 0 Å². The lowest BCUT2D eigenvalue weighted by molar-refractivity contribution is -0.119. The summed E-state index contributed by atoms with van der Waals surface area (Å²) in [5.41, 5.74) is 1.90. The predicted molar refractivity (Wildman–Crippen MR) is 121 cm³/mol. The van der Waals surface area contributed by atoms with Gasteiger partial charge in [0.1, 0.15) is 4.21 Å². The molecule has 1 amide bonds. The molecule has 32 heavy (non-hydrogen) atoms. The molecule has 1 aliphatic rings. The maximum Gasteiger partial charge on any atom is 0.252 e. The molecule has 4 heterocycles. The van der Waals surface area contributed by atoms with Gasteiger partial charge < -0.3 is 10.2 Å². The van der Waals surface area contributed by atoms with Crippen LogP contribution >= 0.6 is 11.3 Å². The van der Waals surface area contributed by atoms with Gasteiger partial charge >= 0.3 is 0 Å². The van der Waals surface area contributed by atoms with Gasteiger partial charge in [-0.2, -0.15) is 9.40 Å². The number of amides is 1. The third-order valence-electron chi connectivity index (χ3n) is 5.17. The van der Waals surface area contributed by atoms with Gasteiger partial charge in [-0.25, -0.2) is 13.1 Å². The molecule has 3 aromatic rings. The lowest BCUT2D eigenvalue weighted by Gasteiger charge is -2.34. The van der Waals surface area contributed by atoms with E-state index in [1.807, 2.05) is 36.9 Å². The smallest absolute Gasteiger partial charge is 0.252 e. The Labute approximate surface area is 190 Å². The number of carbonyl (C=O) groups excluding carboxylic acids is 1. The molecule has 10 nitrogen and oxygen atoms in total. The molecule has 12 heteroatoms. The van der Waals surface area contributed by atoms with Crippen LogP contribution in [0.3, 0.4) is 0 Å². The zero-order chi connectivity index (χ0) is 22.9. The van der Waals surface area contributed by atoms with Crippen molar-refractivity contribution in [2.75, 3.05) is 31.1 Å². The van der Waals surface area contributed by atoms with Crippen LogP contribution in [-0.4, -0.2) is 64.8 Å². The van der Waals surface area contributed by atoms with Crippen molar-refractivity contribution in [3.8, 4) is 5.82 Å². The number of piperazine rings is 1. The van der Waals surface area contributed by atoms with Crippen molar-refractivity contribution in [3.63, 3.8) is 0 Å². The second-order valence-corrected chi connectivity index (χ2v) is 10.9. The minimum absolute atomic E-state index is 0.148. The Morgan fingerprint density at radius 3 is 2.34 bits per heavy atom. The first-order chi connectivity index (χ1) is 15.2. The standard InChI is InChI=1S/C20H25N7O3S2/c1-14-12-15(2)27(24-14)19-6-5-18(22-23-19)25-8-10-26(11-9-25)32(29,30)20-7-4-17(31-20)13-21-16(3)28/h4-7,12H,8-11,13H2,1-3H3,(H,21,28). The van der Waals surface area contributed by atoms with Crippen molar-refractivity contribution in [2.24, 2.45) is 0 Å². The average Bonchev–Trinajstić information content (AvgIpc) is 3.39. The van der Waals surface area contributed by atoms with Crippen LogP contribution in [0.1, 0.15) is 23.2 Å². The first kappa shape index (κ1) is 22.4. The molecule has 0 spiro atoms. The number of aryl methyl sites for hydroxylation is 2. The number of carbonyl (C=O) groups is 1. The number of nitrogens with zero attached hydrogens (tertiary/aromatic N) is 6. The lowest BCUT2D eigenvalue weighted by Crippen LogP contribution is -2.48. The average molecular weight is 476 g/mol. The summed E-state index contributed by atoms with van der Waals surface area (Å²) in [6.45, 7) is 7.43. The number of nitrogens with one attached hydrogen (secondary N) is 1. The van der Waals surface area contributed by atoms with E-state index in [1.165, 1.54) is 22.6 Å². The monoisotopic (exact) mass is 475 g/mol. The molecule has 0 unspecified atom stereocenters. The van der Waals surface area contributed by atoms with E-state index in [1.54, 1.807) is 16.8 Å². The molecule has 1 aliphatic heterocycles. The highest BCUT2D eigenvalue weighted by Gasteiger charge is 2.30. The van der Waals surface area contributed by atoms with Crippen molar-refractivity contribution >= 4 is 33.1 Å². The van der Waals surface area contributed by atoms with Gasteiger partial charge in [-0.3, -0.25) is 4.79 Å². The molecule has 0 radical (unpaired) electrons. The third-order valence-corrected chi connectivity index (χ3v) is 8.62. The van der Waals surface area contributed by atoms with Gasteiger partial charge in [-0.15, -0.1) is 21.5 Å². The molecule has 0 atom stereocenters. The van der Waals surface area contributed by atoms with Gasteiger partial charge in [0, 0.05) is 43.7 Å². The first-order valence-electron chi connectivity index (χ1n) is 10.2. The van der Waals surface area contributed by atoms with Gasteiger partial charge in [0.25, 0.3) is 10.0 Å². The molecule has 0 aliphatic carbocycles. The summed E-state index contributed by atoms with van der Waals surface area (Å²) in [7, 11) is -3.57. The Kier molecular flexibility index (Phi) is 6.26. The zero-order valence-corrected chi connectivity index (χ0v) is 19.8. The first-order valence-corrected chi connectivity index (χ1v) is 12.5. The predicted octanol–water partition coefficient (Wildman–Crippen LogP) is 1.49. The van der Waals surface area contributed by atoms with E-state index < -0.39 is 10.0 Å². The SMILES string of the molecule is CC(=O)NCc1ccc(S(=O)(=O)N2CCN(c3ccc(-n4nc(C)cc4C)nn3)CC2)s1. The Balaban J connectivity index is 1.39. The van der Waals surface area contributed by atoms with E-state index in [0.717, 1.165) is 16.3 Å². The van der Waals surface area contributed by atoms with Gasteiger partial charge in [0.2, 0.25) is 5.91 Å². The molecular weight excluding hydrogens is 450 g/mol. The number of sulfonamides is 1. The highest BCUT2D eigenvalue weighted by molar-refractivity contribution is 7.91. The maximum atomic E-state index is 13.0. The van der Waals surface area contributed by atoms with Gasteiger partial charge in [-0.05, 0) is 44.2 Å². The van der Waals surface area contributed by atoms with E-state index in [-0.39, 0.29) is 5.91 Å². The maximum absolute atomic E-state index is 13.0. The lowest BCUT2D eigenvalue weighted by atomic mass is 10.3. The van der Waals surface area contributed by atoms with Crippen LogP contribution in [0.15, 0.2) is 34.5 Å². The minimum atomic E-state index is -3.57. The van der Waals surface area contributed by atoms with Crippen molar-refractivity contribution < 1.29 is 13.2 Å². The fraction of sp³-hybridized carbons (Fsp3) is 0.400. The van der Waals surface area contributed by atoms with Gasteiger partial charge in [-0.1, -0.05) is 0 Å². The second kappa shape index (κ2) is 8.96. The normalized spacial score (nSPS) is 15.2. The minimum Gasteiger partial charge on any atom is -0.352 e. The van der Waals surface area contributed by atoms with Crippen LogP contribution in [0.2, 0.25) is 0 Å². The van der Waals surface area contributed by atoms with Gasteiger partial charge in [0.05, 0.1) is 12.2 Å². The molecular formula is C20H25N7O3S2. The van der Waals surface area contributed by atoms with E-state index in [2.05, 4.69) is 20.6 Å². The fourth-order valence-corrected chi connectivity index (χ4v) is 6.42. The molecule has 3 aromatic heterocycles. The van der Waals surface area contributed by atoms with Crippen molar-refractivity contribution in [2.45, 2.75) is 31.5 Å². The van der Waals surface area contributed by atoms with Gasteiger partial charge in [0.15, 0.2) is 11.6 Å². The summed E-state index contributed by atoms with van der Waals surface area (Å²) in [5.74, 6) is 1.21. The number of hydrogen-bond donors (Lipinski definition) is 1. The zero-order valence-electron chi connectivity index (χ0n) is 18.1. The summed E-state index contributed by atoms with van der Waals surface area (Å²) in [6.07, 6.45) is 0. The van der Waals surface area contributed by atoms with Crippen LogP contribution in [0, 0.1) is 13.8 Å². The summed E-state index contributed by atoms with van der Waals surface area (Å²) in [5, 5.41) is 15.7. The second-order valence-electron chi connectivity index (χ2n) is 7.61. The van der Waals surface area contributed by atoms with Crippen LogP contribution in [-0.2, 0) is 21.4 Å². The highest BCUT2D eigenvalue weighted by atomic mass is 32.2. The van der Waals surface area contributed by atoms with E-state index in [0.29, 0.717) is 48.6 Å². The fourth-order valence-electron chi connectivity index (χ4n) is 3.55. The van der Waals surface area contributed by atoms with Crippen LogP contribution in [0.4, 0.5) is 5.82 Å². The summed E-state index contributed by atoms with van der Waals surface area (Å²) >= 11 is 1.19. The molecule has 1 N–H and O–H groups in total. The molecule has 1 saturated heterocycles. The quantitative estimate of drug-likeness (QED) is 0.575. The molecule has 0 saturated carbocycles. The number of anilines is 1. The van der Waals surface area contributed by atoms with E-state index >= 15 is 0 Å². The Bertz CT molecular complexity index is 1210.